The highest BCUT2D eigenvalue weighted by Crippen LogP contribution is 2.25. The molecule has 2 aliphatic rings. The Balaban J connectivity index is 1.41. The molecule has 3 heterocycles. The molecule has 0 radical (unpaired) electrons. The van der Waals surface area contributed by atoms with Gasteiger partial charge in [0.05, 0.1) is 10.1 Å². The number of aryl methyl sites for hydroxylation is 1. The fourth-order valence-electron chi connectivity index (χ4n) is 4.08. The van der Waals surface area contributed by atoms with E-state index in [0.29, 0.717) is 44.6 Å². The van der Waals surface area contributed by atoms with Crippen molar-refractivity contribution in [2.45, 2.75) is 41.0 Å². The van der Waals surface area contributed by atoms with Crippen molar-refractivity contribution in [3.05, 3.63) is 36.2 Å². The summed E-state index contributed by atoms with van der Waals surface area (Å²) in [7, 11) is -5.56. The topological polar surface area (TPSA) is 123 Å². The highest BCUT2D eigenvalue weighted by atomic mass is 32.2. The highest BCUT2D eigenvalue weighted by Gasteiger charge is 2.35. The number of nitrogens with zero attached hydrogens (tertiary/aromatic N) is 5. The molecule has 0 spiro atoms. The Morgan fingerprint density at radius 3 is 2.13 bits per heavy atom. The van der Waals surface area contributed by atoms with Gasteiger partial charge in [0.2, 0.25) is 25.0 Å². The highest BCUT2D eigenvalue weighted by molar-refractivity contribution is 7.91. The molecule has 2 saturated heterocycles. The second kappa shape index (κ2) is 8.32. The van der Waals surface area contributed by atoms with Gasteiger partial charge in [-0.1, -0.05) is 0 Å². The van der Waals surface area contributed by atoms with Gasteiger partial charge in [-0.25, -0.2) is 16.8 Å². The van der Waals surface area contributed by atoms with Crippen LogP contribution in [0.3, 0.4) is 0 Å². The lowest BCUT2D eigenvalue weighted by Gasteiger charge is -2.31. The molecule has 2 aliphatic heterocycles. The lowest BCUT2D eigenvalue weighted by molar-refractivity contribution is 0.0725. The third kappa shape index (κ3) is 4.11. The van der Waals surface area contributed by atoms with E-state index < -0.39 is 25.1 Å². The van der Waals surface area contributed by atoms with Crippen molar-refractivity contribution in [1.29, 1.82) is 0 Å². The summed E-state index contributed by atoms with van der Waals surface area (Å²) in [6.45, 7) is 1.65. The molecule has 0 saturated carbocycles. The van der Waals surface area contributed by atoms with E-state index in [2.05, 4.69) is 10.2 Å². The minimum Gasteiger partial charge on any atom is -0.339 e. The van der Waals surface area contributed by atoms with Gasteiger partial charge in [-0.2, -0.15) is 4.31 Å². The zero-order valence-electron chi connectivity index (χ0n) is 17.2. The van der Waals surface area contributed by atoms with E-state index in [1.54, 1.807) is 11.9 Å². The third-order valence-corrected chi connectivity index (χ3v) is 10.0. The monoisotopic (exact) mass is 467 g/mol. The molecule has 1 aromatic carbocycles. The van der Waals surface area contributed by atoms with Crippen LogP contribution >= 0.6 is 0 Å². The number of piperidine rings is 1. The normalized spacial score (nSPS) is 19.1. The van der Waals surface area contributed by atoms with Crippen molar-refractivity contribution in [3.8, 4) is 0 Å². The predicted octanol–water partition coefficient (Wildman–Crippen LogP) is 0.678. The SMILES string of the molecule is Cn1cnnc1S(=O)(=O)C1CCN(C(=O)c2ccc(S(=O)(=O)N3CCCC3)cc2)CC1. The van der Waals surface area contributed by atoms with Gasteiger partial charge in [0.25, 0.3) is 5.91 Å². The Bertz CT molecular complexity index is 1160. The van der Waals surface area contributed by atoms with Crippen molar-refractivity contribution in [2.75, 3.05) is 26.2 Å². The van der Waals surface area contributed by atoms with Crippen molar-refractivity contribution >= 4 is 25.8 Å². The number of sulfone groups is 1. The van der Waals surface area contributed by atoms with E-state index in [0.717, 1.165) is 12.8 Å². The number of carbonyl (C=O) groups excluding carboxylic acids is 1. The van der Waals surface area contributed by atoms with Crippen LogP contribution in [0.2, 0.25) is 0 Å². The van der Waals surface area contributed by atoms with Gasteiger partial charge in [-0.3, -0.25) is 4.79 Å². The second-order valence-corrected chi connectivity index (χ2v) is 12.0. The van der Waals surface area contributed by atoms with Gasteiger partial charge in [0.1, 0.15) is 6.33 Å². The molecule has 2 fully saturated rings. The molecular weight excluding hydrogens is 442 g/mol. The van der Waals surface area contributed by atoms with Crippen molar-refractivity contribution < 1.29 is 21.6 Å². The molecule has 4 rings (SSSR count). The van der Waals surface area contributed by atoms with Crippen LogP contribution in [-0.2, 0) is 26.9 Å². The third-order valence-electron chi connectivity index (χ3n) is 5.90. The maximum atomic E-state index is 12.8. The van der Waals surface area contributed by atoms with Crippen molar-refractivity contribution in [3.63, 3.8) is 0 Å². The number of benzene rings is 1. The first kappa shape index (κ1) is 21.9. The number of amides is 1. The molecule has 0 N–H and O–H groups in total. The number of likely N-dealkylation sites (tertiary alicyclic amines) is 1. The largest absolute Gasteiger partial charge is 0.339 e. The molecule has 0 unspecified atom stereocenters. The van der Waals surface area contributed by atoms with Crippen molar-refractivity contribution in [2.24, 2.45) is 7.05 Å². The minimum absolute atomic E-state index is 0.0629. The summed E-state index contributed by atoms with van der Waals surface area (Å²) in [6.07, 6.45) is 3.68. The standard InChI is InChI=1S/C19H25N5O5S2/c1-22-14-20-21-19(22)30(26,27)16-8-12-23(13-9-16)18(25)15-4-6-17(7-5-15)31(28,29)24-10-2-3-11-24/h4-7,14,16H,2-3,8-13H2,1H3. The van der Waals surface area contributed by atoms with Crippen LogP contribution in [-0.4, -0.2) is 78.1 Å². The first-order valence-electron chi connectivity index (χ1n) is 10.2. The Labute approximate surface area is 181 Å². The summed E-state index contributed by atoms with van der Waals surface area (Å²) < 4.78 is 53.6. The van der Waals surface area contributed by atoms with Crippen LogP contribution in [0.25, 0.3) is 0 Å². The number of aromatic nitrogens is 3. The van der Waals surface area contributed by atoms with E-state index in [-0.39, 0.29) is 16.0 Å². The van der Waals surface area contributed by atoms with E-state index in [4.69, 9.17) is 0 Å². The number of rotatable bonds is 5. The smallest absolute Gasteiger partial charge is 0.253 e. The molecule has 1 amide bonds. The van der Waals surface area contributed by atoms with Gasteiger partial charge < -0.3 is 9.47 Å². The van der Waals surface area contributed by atoms with Crippen LogP contribution in [0, 0.1) is 0 Å². The van der Waals surface area contributed by atoms with Crippen LogP contribution in [0.5, 0.6) is 0 Å². The molecule has 1 aromatic heterocycles. The van der Waals surface area contributed by atoms with Crippen LogP contribution in [0.1, 0.15) is 36.0 Å². The summed E-state index contributed by atoms with van der Waals surface area (Å²) >= 11 is 0. The lowest BCUT2D eigenvalue weighted by atomic mass is 10.1. The number of sulfonamides is 1. The Morgan fingerprint density at radius 2 is 1.58 bits per heavy atom. The lowest BCUT2D eigenvalue weighted by Crippen LogP contribution is -2.42. The molecular formula is C19H25N5O5S2. The van der Waals surface area contributed by atoms with Gasteiger partial charge in [0, 0.05) is 38.8 Å². The van der Waals surface area contributed by atoms with E-state index in [1.807, 2.05) is 0 Å². The van der Waals surface area contributed by atoms with Gasteiger partial charge >= 0.3 is 0 Å². The van der Waals surface area contributed by atoms with E-state index in [1.165, 1.54) is 39.5 Å². The fourth-order valence-corrected chi connectivity index (χ4v) is 7.33. The Kier molecular flexibility index (Phi) is 5.88. The molecule has 2 aromatic rings. The molecule has 0 aliphatic carbocycles. The quantitative estimate of drug-likeness (QED) is 0.633. The van der Waals surface area contributed by atoms with Crippen LogP contribution < -0.4 is 0 Å². The van der Waals surface area contributed by atoms with Crippen LogP contribution in [0.15, 0.2) is 40.6 Å². The number of hydrogen-bond acceptors (Lipinski definition) is 7. The fraction of sp³-hybridized carbons (Fsp3) is 0.526. The van der Waals surface area contributed by atoms with Gasteiger partial charge in [0.15, 0.2) is 0 Å². The molecule has 10 nitrogen and oxygen atoms in total. The first-order valence-corrected chi connectivity index (χ1v) is 13.2. The maximum absolute atomic E-state index is 12.8. The van der Waals surface area contributed by atoms with E-state index >= 15 is 0 Å². The molecule has 31 heavy (non-hydrogen) atoms. The average molecular weight is 468 g/mol. The Morgan fingerprint density at radius 1 is 0.968 bits per heavy atom. The summed E-state index contributed by atoms with van der Waals surface area (Å²) in [6, 6.07) is 5.97. The number of carbonyl (C=O) groups is 1. The number of hydrogen-bond donors (Lipinski definition) is 0. The van der Waals surface area contributed by atoms with E-state index in [9.17, 15) is 21.6 Å². The Hall–Kier alpha value is -2.31. The summed E-state index contributed by atoms with van der Waals surface area (Å²) in [4.78, 5) is 14.6. The summed E-state index contributed by atoms with van der Waals surface area (Å²) in [5, 5.41) is 6.67. The minimum atomic E-state index is -3.61. The molecule has 0 bridgehead atoms. The summed E-state index contributed by atoms with van der Waals surface area (Å²) in [5.74, 6) is -0.236. The van der Waals surface area contributed by atoms with Crippen molar-refractivity contribution in [1.82, 2.24) is 24.0 Å². The second-order valence-electron chi connectivity index (χ2n) is 7.90. The summed E-state index contributed by atoms with van der Waals surface area (Å²) in [5.41, 5.74) is 0.384. The predicted molar refractivity (Wildman–Crippen MR) is 112 cm³/mol. The zero-order chi connectivity index (χ0) is 22.2. The maximum Gasteiger partial charge on any atom is 0.253 e. The molecule has 0 atom stereocenters. The zero-order valence-corrected chi connectivity index (χ0v) is 18.8. The first-order chi connectivity index (χ1) is 14.7. The van der Waals surface area contributed by atoms with Gasteiger partial charge in [-0.15, -0.1) is 10.2 Å². The van der Waals surface area contributed by atoms with Crippen LogP contribution in [0.4, 0.5) is 0 Å². The van der Waals surface area contributed by atoms with Gasteiger partial charge in [-0.05, 0) is 49.9 Å². The molecule has 12 heteroatoms. The molecule has 168 valence electrons. The average Bonchev–Trinajstić information content (AvgIpc) is 3.46.